The van der Waals surface area contributed by atoms with E-state index in [0.717, 1.165) is 11.3 Å². The molecule has 1 aliphatic rings. The van der Waals surface area contributed by atoms with E-state index in [2.05, 4.69) is 0 Å². The Hall–Kier alpha value is -1.20. The van der Waals surface area contributed by atoms with E-state index in [1.165, 1.54) is 0 Å². The van der Waals surface area contributed by atoms with Crippen LogP contribution in [0, 0.1) is 0 Å². The second-order valence-electron chi connectivity index (χ2n) is 4.33. The number of benzene rings is 1. The number of rotatable bonds is 4. The minimum Gasteiger partial charge on any atom is -0.497 e. The van der Waals surface area contributed by atoms with Gasteiger partial charge in [0.25, 0.3) is 0 Å². The van der Waals surface area contributed by atoms with Gasteiger partial charge >= 0.3 is 0 Å². The molecule has 0 radical (unpaired) electrons. The highest BCUT2D eigenvalue weighted by Crippen LogP contribution is 2.38. The van der Waals surface area contributed by atoms with Crippen molar-refractivity contribution < 1.29 is 14.6 Å². The van der Waals surface area contributed by atoms with Crippen LogP contribution in [0.25, 0.3) is 0 Å². The number of ether oxygens (including phenoxy) is 1. The van der Waals surface area contributed by atoms with Gasteiger partial charge in [-0.25, -0.2) is 0 Å². The Morgan fingerprint density at radius 2 is 2.17 bits per heavy atom. The highest BCUT2D eigenvalue weighted by Gasteiger charge is 2.33. The third-order valence-electron chi connectivity index (χ3n) is 2.83. The largest absolute Gasteiger partial charge is 0.497 e. The molecule has 0 spiro atoms. The number of nitrogens with zero attached hydrogens (tertiary/aromatic N) is 1. The molecule has 4 nitrogen and oxygen atoms in total. The fourth-order valence-electron chi connectivity index (χ4n) is 1.98. The van der Waals surface area contributed by atoms with E-state index < -0.39 is 6.10 Å². The molecule has 1 aromatic rings. The lowest BCUT2D eigenvalue weighted by molar-refractivity contribution is -0.129. The molecule has 0 aliphatic carbocycles. The summed E-state index contributed by atoms with van der Waals surface area (Å²) in [5.41, 5.74) is 1.06. The molecule has 98 valence electrons. The number of thioether (sulfide) groups is 1. The highest BCUT2D eigenvalue weighted by molar-refractivity contribution is 8.00. The normalized spacial score (nSPS) is 21.2. The molecule has 1 amide bonds. The molecule has 2 rings (SSSR count). The van der Waals surface area contributed by atoms with Gasteiger partial charge in [0.15, 0.2) is 0 Å². The van der Waals surface area contributed by atoms with Crippen LogP contribution in [0.15, 0.2) is 24.3 Å². The summed E-state index contributed by atoms with van der Waals surface area (Å²) in [6.07, 6.45) is -0.506. The number of hydrogen-bond donors (Lipinski definition) is 1. The SMILES string of the molecule is COc1ccc([C@@H]2SCC(=O)N2C[C@H](C)O)cc1. The van der Waals surface area contributed by atoms with Crippen molar-refractivity contribution in [3.63, 3.8) is 0 Å². The van der Waals surface area contributed by atoms with Crippen LogP contribution in [0.2, 0.25) is 0 Å². The third kappa shape index (κ3) is 2.79. The van der Waals surface area contributed by atoms with Crippen molar-refractivity contribution in [1.82, 2.24) is 4.90 Å². The maximum Gasteiger partial charge on any atom is 0.233 e. The van der Waals surface area contributed by atoms with Crippen LogP contribution in [-0.4, -0.2) is 41.4 Å². The first kappa shape index (κ1) is 13.2. The van der Waals surface area contributed by atoms with Crippen LogP contribution in [0.4, 0.5) is 0 Å². The molecule has 1 aromatic carbocycles. The summed E-state index contributed by atoms with van der Waals surface area (Å²) in [6.45, 7) is 2.07. The number of methoxy groups -OCH3 is 1. The fourth-order valence-corrected chi connectivity index (χ4v) is 3.18. The Bertz CT molecular complexity index is 419. The van der Waals surface area contributed by atoms with Crippen molar-refractivity contribution >= 4 is 17.7 Å². The van der Waals surface area contributed by atoms with Crippen molar-refractivity contribution in [3.05, 3.63) is 29.8 Å². The summed E-state index contributed by atoms with van der Waals surface area (Å²) < 4.78 is 5.12. The fraction of sp³-hybridized carbons (Fsp3) is 0.462. The first-order chi connectivity index (χ1) is 8.61. The first-order valence-corrected chi connectivity index (χ1v) is 6.90. The quantitative estimate of drug-likeness (QED) is 0.901. The molecular formula is C13H17NO3S. The van der Waals surface area contributed by atoms with Crippen molar-refractivity contribution in [2.75, 3.05) is 19.4 Å². The van der Waals surface area contributed by atoms with E-state index in [1.54, 1.807) is 30.7 Å². The van der Waals surface area contributed by atoms with Gasteiger partial charge in [-0.2, -0.15) is 0 Å². The van der Waals surface area contributed by atoms with Crippen molar-refractivity contribution in [1.29, 1.82) is 0 Å². The van der Waals surface area contributed by atoms with Crippen LogP contribution in [-0.2, 0) is 4.79 Å². The Labute approximate surface area is 111 Å². The molecule has 1 aliphatic heterocycles. The van der Waals surface area contributed by atoms with Gasteiger partial charge < -0.3 is 14.7 Å². The number of aliphatic hydroxyl groups excluding tert-OH is 1. The predicted molar refractivity (Wildman–Crippen MR) is 71.6 cm³/mol. The summed E-state index contributed by atoms with van der Waals surface area (Å²) in [5, 5.41) is 9.45. The molecule has 0 saturated carbocycles. The Kier molecular flexibility index (Phi) is 4.14. The highest BCUT2D eigenvalue weighted by atomic mass is 32.2. The van der Waals surface area contributed by atoms with E-state index in [9.17, 15) is 9.90 Å². The van der Waals surface area contributed by atoms with Gasteiger partial charge in [0.05, 0.1) is 19.0 Å². The number of carbonyl (C=O) groups excluding carboxylic acids is 1. The lowest BCUT2D eigenvalue weighted by Crippen LogP contribution is -2.34. The molecule has 1 N–H and O–H groups in total. The van der Waals surface area contributed by atoms with Crippen LogP contribution in [0.5, 0.6) is 5.75 Å². The standard InChI is InChI=1S/C13H17NO3S/c1-9(15)7-14-12(16)8-18-13(14)10-3-5-11(17-2)6-4-10/h3-6,9,13,15H,7-8H2,1-2H3/t9-,13-/m0/s1. The number of carbonyl (C=O) groups is 1. The van der Waals surface area contributed by atoms with Gasteiger partial charge in [-0.05, 0) is 24.6 Å². The molecule has 1 fully saturated rings. The van der Waals surface area contributed by atoms with Crippen molar-refractivity contribution in [2.24, 2.45) is 0 Å². The zero-order chi connectivity index (χ0) is 13.1. The number of hydrogen-bond acceptors (Lipinski definition) is 4. The molecule has 0 bridgehead atoms. The van der Waals surface area contributed by atoms with Gasteiger partial charge in [-0.3, -0.25) is 4.79 Å². The van der Waals surface area contributed by atoms with E-state index in [4.69, 9.17) is 4.74 Å². The van der Waals surface area contributed by atoms with E-state index in [0.29, 0.717) is 12.3 Å². The summed E-state index contributed by atoms with van der Waals surface area (Å²) in [6, 6.07) is 7.70. The number of aliphatic hydroxyl groups is 1. The zero-order valence-corrected chi connectivity index (χ0v) is 11.3. The summed E-state index contributed by atoms with van der Waals surface area (Å²) in [5.74, 6) is 1.36. The van der Waals surface area contributed by atoms with Gasteiger partial charge in [-0.1, -0.05) is 12.1 Å². The van der Waals surface area contributed by atoms with Crippen molar-refractivity contribution in [3.8, 4) is 5.75 Å². The maximum atomic E-state index is 11.8. The second-order valence-corrected chi connectivity index (χ2v) is 5.40. The smallest absolute Gasteiger partial charge is 0.233 e. The third-order valence-corrected chi connectivity index (χ3v) is 4.09. The molecule has 1 heterocycles. The van der Waals surface area contributed by atoms with Gasteiger partial charge in [-0.15, -0.1) is 11.8 Å². The maximum absolute atomic E-state index is 11.8. The van der Waals surface area contributed by atoms with Crippen LogP contribution in [0.3, 0.4) is 0 Å². The van der Waals surface area contributed by atoms with Gasteiger partial charge in [0.1, 0.15) is 11.1 Å². The Morgan fingerprint density at radius 3 is 2.72 bits per heavy atom. The summed E-state index contributed by atoms with van der Waals surface area (Å²) in [4.78, 5) is 13.5. The zero-order valence-electron chi connectivity index (χ0n) is 10.5. The molecule has 0 unspecified atom stereocenters. The van der Waals surface area contributed by atoms with Crippen molar-refractivity contribution in [2.45, 2.75) is 18.4 Å². The molecule has 0 aromatic heterocycles. The van der Waals surface area contributed by atoms with Gasteiger partial charge in [0, 0.05) is 6.54 Å². The van der Waals surface area contributed by atoms with E-state index in [-0.39, 0.29) is 11.3 Å². The number of β-amino-alcohol motifs (C(OH)–C–C–N with tert-alkyl or cyclic N) is 1. The average molecular weight is 267 g/mol. The van der Waals surface area contributed by atoms with E-state index in [1.807, 2.05) is 24.3 Å². The topological polar surface area (TPSA) is 49.8 Å². The van der Waals surface area contributed by atoms with Gasteiger partial charge in [0.2, 0.25) is 5.91 Å². The Morgan fingerprint density at radius 1 is 1.50 bits per heavy atom. The van der Waals surface area contributed by atoms with E-state index >= 15 is 0 Å². The lowest BCUT2D eigenvalue weighted by Gasteiger charge is -2.25. The molecule has 2 atom stereocenters. The first-order valence-electron chi connectivity index (χ1n) is 5.85. The summed E-state index contributed by atoms with van der Waals surface area (Å²) in [7, 11) is 1.63. The predicted octanol–water partition coefficient (Wildman–Crippen LogP) is 1.65. The minimum atomic E-state index is -0.506. The van der Waals surface area contributed by atoms with Crippen LogP contribution >= 0.6 is 11.8 Å². The minimum absolute atomic E-state index is 0.00185. The molecule has 1 saturated heterocycles. The Balaban J connectivity index is 2.17. The van der Waals surface area contributed by atoms with Crippen LogP contribution in [0.1, 0.15) is 17.9 Å². The van der Waals surface area contributed by atoms with Crippen LogP contribution < -0.4 is 4.74 Å². The second kappa shape index (κ2) is 5.63. The molecule has 5 heteroatoms. The molecule has 18 heavy (non-hydrogen) atoms. The number of amides is 1. The average Bonchev–Trinajstić information content (AvgIpc) is 2.71. The monoisotopic (exact) mass is 267 g/mol. The lowest BCUT2D eigenvalue weighted by atomic mass is 10.2. The molecular weight excluding hydrogens is 250 g/mol. The summed E-state index contributed by atoms with van der Waals surface area (Å²) >= 11 is 1.59.